The first-order chi connectivity index (χ1) is 11.1. The third kappa shape index (κ3) is 2.75. The number of esters is 1. The van der Waals surface area contributed by atoms with Crippen LogP contribution in [-0.4, -0.2) is 20.2 Å². The minimum absolute atomic E-state index is 0.360. The molecule has 116 valence electrons. The predicted octanol–water partition coefficient (Wildman–Crippen LogP) is 4.44. The maximum absolute atomic E-state index is 13.4. The highest BCUT2D eigenvalue weighted by Gasteiger charge is 2.13. The van der Waals surface area contributed by atoms with E-state index in [9.17, 15) is 9.18 Å². The summed E-state index contributed by atoms with van der Waals surface area (Å²) in [4.78, 5) is 11.8. The fraction of sp³-hybridized carbons (Fsp3) is 0.105. The average molecular weight is 310 g/mol. The van der Waals surface area contributed by atoms with Crippen LogP contribution in [0.15, 0.2) is 54.6 Å². The lowest BCUT2D eigenvalue weighted by molar-refractivity contribution is 0.0601. The van der Waals surface area contributed by atoms with E-state index < -0.39 is 5.97 Å². The lowest BCUT2D eigenvalue weighted by atomic mass is 9.96. The summed E-state index contributed by atoms with van der Waals surface area (Å²) in [6.45, 7) is 0. The Balaban J connectivity index is 2.27. The van der Waals surface area contributed by atoms with Gasteiger partial charge in [-0.15, -0.1) is 0 Å². The standard InChI is InChI=1S/C19H15FO3/c1-22-18-11-14(20)8-9-16(18)15-5-3-4-12-6-7-13(10-17(12)15)19(21)23-2/h3-11H,1-2H3. The molecule has 0 aliphatic heterocycles. The molecule has 0 radical (unpaired) electrons. The third-order valence-corrected chi connectivity index (χ3v) is 3.76. The summed E-state index contributed by atoms with van der Waals surface area (Å²) < 4.78 is 23.5. The predicted molar refractivity (Wildman–Crippen MR) is 87.2 cm³/mol. The Morgan fingerprint density at radius 1 is 0.957 bits per heavy atom. The van der Waals surface area contributed by atoms with E-state index in [-0.39, 0.29) is 5.82 Å². The van der Waals surface area contributed by atoms with Crippen LogP contribution in [0.2, 0.25) is 0 Å². The van der Waals surface area contributed by atoms with Gasteiger partial charge in [-0.1, -0.05) is 24.3 Å². The number of rotatable bonds is 3. The zero-order valence-electron chi connectivity index (χ0n) is 12.8. The van der Waals surface area contributed by atoms with E-state index in [1.165, 1.54) is 26.4 Å². The second kappa shape index (κ2) is 6.08. The number of hydrogen-bond donors (Lipinski definition) is 0. The number of hydrogen-bond acceptors (Lipinski definition) is 3. The number of methoxy groups -OCH3 is 2. The zero-order valence-corrected chi connectivity index (χ0v) is 12.8. The first-order valence-electron chi connectivity index (χ1n) is 7.09. The smallest absolute Gasteiger partial charge is 0.337 e. The van der Waals surface area contributed by atoms with E-state index in [1.807, 2.05) is 24.3 Å². The van der Waals surface area contributed by atoms with Crippen molar-refractivity contribution in [2.45, 2.75) is 0 Å². The number of ether oxygens (including phenoxy) is 2. The van der Waals surface area contributed by atoms with Crippen molar-refractivity contribution in [1.82, 2.24) is 0 Å². The molecular weight excluding hydrogens is 295 g/mol. The quantitative estimate of drug-likeness (QED) is 0.671. The first-order valence-corrected chi connectivity index (χ1v) is 7.09. The molecule has 0 fully saturated rings. The number of fused-ring (bicyclic) bond motifs is 1. The van der Waals surface area contributed by atoms with Crippen molar-refractivity contribution in [3.8, 4) is 16.9 Å². The monoisotopic (exact) mass is 310 g/mol. The topological polar surface area (TPSA) is 35.5 Å². The molecule has 4 heteroatoms. The zero-order chi connectivity index (χ0) is 16.4. The molecule has 0 N–H and O–H groups in total. The molecule has 3 nitrogen and oxygen atoms in total. The highest BCUT2D eigenvalue weighted by molar-refractivity contribution is 6.02. The molecule has 0 aromatic heterocycles. The van der Waals surface area contributed by atoms with Crippen molar-refractivity contribution >= 4 is 16.7 Å². The lowest BCUT2D eigenvalue weighted by Crippen LogP contribution is -2.00. The molecule has 0 atom stereocenters. The van der Waals surface area contributed by atoms with E-state index in [0.29, 0.717) is 11.3 Å². The van der Waals surface area contributed by atoms with Crippen LogP contribution in [0.1, 0.15) is 10.4 Å². The van der Waals surface area contributed by atoms with Crippen LogP contribution in [0, 0.1) is 5.82 Å². The lowest BCUT2D eigenvalue weighted by Gasteiger charge is -2.12. The average Bonchev–Trinajstić information content (AvgIpc) is 2.60. The van der Waals surface area contributed by atoms with Crippen LogP contribution in [0.5, 0.6) is 5.75 Å². The number of carbonyl (C=O) groups excluding carboxylic acids is 1. The van der Waals surface area contributed by atoms with Crippen LogP contribution in [0.25, 0.3) is 21.9 Å². The third-order valence-electron chi connectivity index (χ3n) is 3.76. The van der Waals surface area contributed by atoms with Gasteiger partial charge in [0.2, 0.25) is 0 Å². The summed E-state index contributed by atoms with van der Waals surface area (Å²) in [7, 11) is 2.85. The molecule has 3 aromatic rings. The van der Waals surface area contributed by atoms with Crippen LogP contribution in [-0.2, 0) is 4.74 Å². The molecule has 0 heterocycles. The highest BCUT2D eigenvalue weighted by Crippen LogP contribution is 2.35. The minimum atomic E-state index is -0.396. The Morgan fingerprint density at radius 2 is 1.78 bits per heavy atom. The van der Waals surface area contributed by atoms with Gasteiger partial charge in [-0.3, -0.25) is 0 Å². The van der Waals surface area contributed by atoms with E-state index in [4.69, 9.17) is 9.47 Å². The molecule has 0 bridgehead atoms. The van der Waals surface area contributed by atoms with Crippen molar-refractivity contribution < 1.29 is 18.7 Å². The van der Waals surface area contributed by atoms with Crippen LogP contribution < -0.4 is 4.74 Å². The fourth-order valence-electron chi connectivity index (χ4n) is 2.64. The maximum atomic E-state index is 13.4. The van der Waals surface area contributed by atoms with Crippen LogP contribution >= 0.6 is 0 Å². The summed E-state index contributed by atoms with van der Waals surface area (Å²) in [5.41, 5.74) is 2.10. The fourth-order valence-corrected chi connectivity index (χ4v) is 2.64. The van der Waals surface area contributed by atoms with Gasteiger partial charge in [0, 0.05) is 11.6 Å². The van der Waals surface area contributed by atoms with Crippen molar-refractivity contribution in [2.24, 2.45) is 0 Å². The Hall–Kier alpha value is -2.88. The van der Waals surface area contributed by atoms with E-state index in [0.717, 1.165) is 21.9 Å². The van der Waals surface area contributed by atoms with Gasteiger partial charge in [-0.25, -0.2) is 9.18 Å². The summed E-state index contributed by atoms with van der Waals surface area (Å²) >= 11 is 0. The molecular formula is C19H15FO3. The molecule has 0 aliphatic rings. The highest BCUT2D eigenvalue weighted by atomic mass is 19.1. The van der Waals surface area contributed by atoms with Crippen molar-refractivity contribution in [1.29, 1.82) is 0 Å². The summed E-state index contributed by atoms with van der Waals surface area (Å²) in [6, 6.07) is 15.6. The number of benzene rings is 3. The molecule has 0 amide bonds. The SMILES string of the molecule is COC(=O)c1ccc2cccc(-c3ccc(F)cc3OC)c2c1. The van der Waals surface area contributed by atoms with Crippen molar-refractivity contribution in [2.75, 3.05) is 14.2 Å². The molecule has 0 unspecified atom stereocenters. The van der Waals surface area contributed by atoms with E-state index in [1.54, 1.807) is 18.2 Å². The molecule has 0 saturated heterocycles. The van der Waals surface area contributed by atoms with Gasteiger partial charge in [-0.2, -0.15) is 0 Å². The summed E-state index contributed by atoms with van der Waals surface area (Å²) in [5, 5.41) is 1.85. The number of carbonyl (C=O) groups is 1. The molecule has 23 heavy (non-hydrogen) atoms. The van der Waals surface area contributed by atoms with Crippen molar-refractivity contribution in [3.05, 3.63) is 66.0 Å². The largest absolute Gasteiger partial charge is 0.496 e. The van der Waals surface area contributed by atoms with Crippen LogP contribution in [0.4, 0.5) is 4.39 Å². The molecule has 0 spiro atoms. The molecule has 3 rings (SSSR count). The second-order valence-corrected chi connectivity index (χ2v) is 5.08. The van der Waals surface area contributed by atoms with Crippen molar-refractivity contribution in [3.63, 3.8) is 0 Å². The Bertz CT molecular complexity index is 887. The normalized spacial score (nSPS) is 10.6. The Kier molecular flexibility index (Phi) is 3.98. The Labute approximate surface area is 133 Å². The van der Waals surface area contributed by atoms with E-state index >= 15 is 0 Å². The van der Waals surface area contributed by atoms with Gasteiger partial charge in [0.1, 0.15) is 11.6 Å². The second-order valence-electron chi connectivity index (χ2n) is 5.08. The van der Waals surface area contributed by atoms with Gasteiger partial charge in [0.05, 0.1) is 19.8 Å². The van der Waals surface area contributed by atoms with E-state index in [2.05, 4.69) is 0 Å². The number of halogens is 1. The minimum Gasteiger partial charge on any atom is -0.496 e. The van der Waals surface area contributed by atoms with Gasteiger partial charge < -0.3 is 9.47 Å². The van der Waals surface area contributed by atoms with Gasteiger partial charge in [0.15, 0.2) is 0 Å². The summed E-state index contributed by atoms with van der Waals surface area (Å²) in [5.74, 6) is -0.310. The van der Waals surface area contributed by atoms with Gasteiger partial charge >= 0.3 is 5.97 Å². The van der Waals surface area contributed by atoms with Gasteiger partial charge in [-0.05, 0) is 40.6 Å². The first kappa shape index (κ1) is 15.0. The Morgan fingerprint density at radius 3 is 2.52 bits per heavy atom. The molecule has 0 saturated carbocycles. The maximum Gasteiger partial charge on any atom is 0.337 e. The molecule has 3 aromatic carbocycles. The van der Waals surface area contributed by atoms with Crippen LogP contribution in [0.3, 0.4) is 0 Å². The summed E-state index contributed by atoms with van der Waals surface area (Å²) in [6.07, 6.45) is 0. The van der Waals surface area contributed by atoms with Gasteiger partial charge in [0.25, 0.3) is 0 Å². The molecule has 0 aliphatic carbocycles.